The lowest BCUT2D eigenvalue weighted by atomic mass is 10.1. The van der Waals surface area contributed by atoms with Gasteiger partial charge in [-0.2, -0.15) is 0 Å². The fraction of sp³-hybridized carbons (Fsp3) is 0.318. The lowest BCUT2D eigenvalue weighted by Gasteiger charge is -2.17. The number of nitrogens with one attached hydrogen (secondary N) is 2. The van der Waals surface area contributed by atoms with Crippen LogP contribution in [0, 0.1) is 13.8 Å². The van der Waals surface area contributed by atoms with Crippen LogP contribution in [0.1, 0.15) is 35.3 Å². The van der Waals surface area contributed by atoms with Gasteiger partial charge in [0.05, 0.1) is 12.2 Å². The van der Waals surface area contributed by atoms with Gasteiger partial charge in [-0.3, -0.25) is 20.4 Å². The zero-order valence-corrected chi connectivity index (χ0v) is 17.5. The van der Waals surface area contributed by atoms with Crippen LogP contribution in [0.25, 0.3) is 0 Å². The van der Waals surface area contributed by atoms with Crippen molar-refractivity contribution in [1.29, 1.82) is 0 Å². The molecule has 0 saturated heterocycles. The molecule has 0 aromatic heterocycles. The Bertz CT molecular complexity index is 895. The minimum absolute atomic E-state index is 0.289. The summed E-state index contributed by atoms with van der Waals surface area (Å²) in [5.74, 6) is -0.462. The molecule has 160 valence electrons. The number of aryl methyl sites for hydroxylation is 2. The molecule has 0 radical (unpaired) electrons. The first-order valence-corrected chi connectivity index (χ1v) is 9.52. The van der Waals surface area contributed by atoms with Crippen LogP contribution in [0.15, 0.2) is 42.5 Å². The predicted octanol–water partition coefficient (Wildman–Crippen LogP) is 2.47. The van der Waals surface area contributed by atoms with E-state index in [0.29, 0.717) is 17.1 Å². The van der Waals surface area contributed by atoms with Crippen LogP contribution in [0.4, 0.5) is 0 Å². The fourth-order valence-corrected chi connectivity index (χ4v) is 2.40. The lowest BCUT2D eigenvalue weighted by Crippen LogP contribution is -2.48. The van der Waals surface area contributed by atoms with Crippen molar-refractivity contribution in [2.24, 2.45) is 0 Å². The lowest BCUT2D eigenvalue weighted by molar-refractivity contribution is -0.133. The van der Waals surface area contributed by atoms with Gasteiger partial charge >= 0.3 is 5.97 Å². The molecule has 0 heterocycles. The van der Waals surface area contributed by atoms with E-state index >= 15 is 0 Å². The van der Waals surface area contributed by atoms with Crippen molar-refractivity contribution in [3.63, 3.8) is 0 Å². The van der Waals surface area contributed by atoms with Crippen molar-refractivity contribution >= 4 is 17.8 Å². The van der Waals surface area contributed by atoms with Crippen LogP contribution < -0.4 is 20.3 Å². The van der Waals surface area contributed by atoms with Crippen LogP contribution in [0.3, 0.4) is 0 Å². The molecule has 1 atom stereocenters. The van der Waals surface area contributed by atoms with Crippen LogP contribution in [0.2, 0.25) is 0 Å². The molecule has 8 heteroatoms. The highest BCUT2D eigenvalue weighted by atomic mass is 16.5. The Kier molecular flexibility index (Phi) is 8.22. The van der Waals surface area contributed by atoms with Gasteiger partial charge in [0, 0.05) is 0 Å². The number of hydrogen-bond donors (Lipinski definition) is 2. The third-order valence-corrected chi connectivity index (χ3v) is 4.08. The quantitative estimate of drug-likeness (QED) is 0.508. The minimum Gasteiger partial charge on any atom is -0.484 e. The third kappa shape index (κ3) is 6.80. The molecule has 8 nitrogen and oxygen atoms in total. The molecule has 2 amide bonds. The summed E-state index contributed by atoms with van der Waals surface area (Å²) in [5.41, 5.74) is 6.89. The highest BCUT2D eigenvalue weighted by Gasteiger charge is 2.16. The van der Waals surface area contributed by atoms with E-state index in [0.717, 1.165) is 11.1 Å². The summed E-state index contributed by atoms with van der Waals surface area (Å²) in [6.07, 6.45) is -0.804. The molecule has 0 aliphatic heterocycles. The Labute approximate surface area is 175 Å². The van der Waals surface area contributed by atoms with Crippen molar-refractivity contribution < 1.29 is 28.6 Å². The summed E-state index contributed by atoms with van der Waals surface area (Å²) in [6.45, 7) is 7.11. The SMILES string of the molecule is CCOC(=O)c1ccc(OCC(=O)NNC(=O)C(C)Oc2cc(C)ccc2C)cc1. The molecule has 0 fully saturated rings. The molecule has 0 aliphatic rings. The summed E-state index contributed by atoms with van der Waals surface area (Å²) >= 11 is 0. The number of hydrogen-bond acceptors (Lipinski definition) is 6. The van der Waals surface area contributed by atoms with Gasteiger partial charge in [0.25, 0.3) is 11.8 Å². The van der Waals surface area contributed by atoms with Gasteiger partial charge in [-0.15, -0.1) is 0 Å². The van der Waals surface area contributed by atoms with Crippen LogP contribution in [0.5, 0.6) is 11.5 Å². The normalized spacial score (nSPS) is 11.2. The van der Waals surface area contributed by atoms with E-state index in [2.05, 4.69) is 10.9 Å². The number of carbonyl (C=O) groups excluding carboxylic acids is 3. The molecule has 1 unspecified atom stereocenters. The first-order chi connectivity index (χ1) is 14.3. The monoisotopic (exact) mass is 414 g/mol. The molecular formula is C22H26N2O6. The maximum absolute atomic E-state index is 12.1. The average molecular weight is 414 g/mol. The van der Waals surface area contributed by atoms with Gasteiger partial charge in [-0.1, -0.05) is 12.1 Å². The summed E-state index contributed by atoms with van der Waals surface area (Å²) in [5, 5.41) is 0. The van der Waals surface area contributed by atoms with Gasteiger partial charge in [-0.25, -0.2) is 4.79 Å². The Morgan fingerprint density at radius 3 is 2.37 bits per heavy atom. The number of esters is 1. The van der Waals surface area contributed by atoms with E-state index in [4.69, 9.17) is 14.2 Å². The van der Waals surface area contributed by atoms with Gasteiger partial charge in [0.2, 0.25) is 0 Å². The highest BCUT2D eigenvalue weighted by Crippen LogP contribution is 2.20. The van der Waals surface area contributed by atoms with Gasteiger partial charge in [0.15, 0.2) is 12.7 Å². The molecule has 0 bridgehead atoms. The maximum atomic E-state index is 12.1. The van der Waals surface area contributed by atoms with Gasteiger partial charge in [-0.05, 0) is 69.2 Å². The van der Waals surface area contributed by atoms with Gasteiger partial charge in [0.1, 0.15) is 11.5 Å². The van der Waals surface area contributed by atoms with E-state index in [1.807, 2.05) is 32.0 Å². The standard InChI is InChI=1S/C22H26N2O6/c1-5-28-22(27)17-8-10-18(11-9-17)29-13-20(25)23-24-21(26)16(4)30-19-12-14(2)6-7-15(19)3/h6-12,16H,5,13H2,1-4H3,(H,23,25)(H,24,26). The summed E-state index contributed by atoms with van der Waals surface area (Å²) < 4.78 is 15.9. The number of rotatable bonds is 8. The van der Waals surface area contributed by atoms with Crippen LogP contribution in [-0.2, 0) is 14.3 Å². The van der Waals surface area contributed by atoms with Crippen molar-refractivity contribution in [2.45, 2.75) is 33.8 Å². The number of ether oxygens (including phenoxy) is 3. The fourth-order valence-electron chi connectivity index (χ4n) is 2.40. The summed E-state index contributed by atoms with van der Waals surface area (Å²) in [6, 6.07) is 11.9. The second kappa shape index (κ2) is 10.8. The van der Waals surface area contributed by atoms with Crippen molar-refractivity contribution in [3.8, 4) is 11.5 Å². The zero-order valence-electron chi connectivity index (χ0n) is 17.5. The molecular weight excluding hydrogens is 388 g/mol. The summed E-state index contributed by atoms with van der Waals surface area (Å²) in [7, 11) is 0. The Morgan fingerprint density at radius 1 is 1.00 bits per heavy atom. The van der Waals surface area contributed by atoms with E-state index in [1.54, 1.807) is 38.1 Å². The molecule has 0 aliphatic carbocycles. The zero-order chi connectivity index (χ0) is 22.1. The van der Waals surface area contributed by atoms with Crippen molar-refractivity contribution in [1.82, 2.24) is 10.9 Å². The third-order valence-electron chi connectivity index (χ3n) is 4.08. The molecule has 0 spiro atoms. The number of carbonyl (C=O) groups is 3. The Balaban J connectivity index is 1.76. The van der Waals surface area contributed by atoms with Crippen molar-refractivity contribution in [3.05, 3.63) is 59.2 Å². The number of benzene rings is 2. The molecule has 30 heavy (non-hydrogen) atoms. The molecule has 2 N–H and O–H groups in total. The Morgan fingerprint density at radius 2 is 1.70 bits per heavy atom. The first kappa shape index (κ1) is 22.7. The highest BCUT2D eigenvalue weighted by molar-refractivity contribution is 5.89. The topological polar surface area (TPSA) is 103 Å². The molecule has 2 rings (SSSR count). The van der Waals surface area contributed by atoms with E-state index in [9.17, 15) is 14.4 Å². The predicted molar refractivity (Wildman–Crippen MR) is 110 cm³/mol. The molecule has 0 saturated carbocycles. The smallest absolute Gasteiger partial charge is 0.338 e. The Hall–Kier alpha value is -3.55. The number of amides is 2. The second-order valence-corrected chi connectivity index (χ2v) is 6.60. The largest absolute Gasteiger partial charge is 0.484 e. The van der Waals surface area contributed by atoms with Crippen molar-refractivity contribution in [2.75, 3.05) is 13.2 Å². The van der Waals surface area contributed by atoms with E-state index in [-0.39, 0.29) is 13.2 Å². The van der Waals surface area contributed by atoms with E-state index in [1.165, 1.54) is 0 Å². The van der Waals surface area contributed by atoms with Crippen LogP contribution >= 0.6 is 0 Å². The minimum atomic E-state index is -0.804. The van der Waals surface area contributed by atoms with E-state index < -0.39 is 23.9 Å². The molecule has 2 aromatic rings. The van der Waals surface area contributed by atoms with Gasteiger partial charge < -0.3 is 14.2 Å². The number of hydrazine groups is 1. The van der Waals surface area contributed by atoms with Crippen LogP contribution in [-0.4, -0.2) is 37.1 Å². The maximum Gasteiger partial charge on any atom is 0.338 e. The summed E-state index contributed by atoms with van der Waals surface area (Å²) in [4.78, 5) is 35.6. The first-order valence-electron chi connectivity index (χ1n) is 9.52. The molecule has 2 aromatic carbocycles. The second-order valence-electron chi connectivity index (χ2n) is 6.60. The average Bonchev–Trinajstić information content (AvgIpc) is 2.73.